The Bertz CT molecular complexity index is 458. The summed E-state index contributed by atoms with van der Waals surface area (Å²) in [7, 11) is 0. The maximum Gasteiger partial charge on any atom is 0.408 e. The molecule has 0 aliphatic carbocycles. The molecule has 1 aromatic heterocycles. The molecule has 2 N–H and O–H groups in total. The fourth-order valence-corrected chi connectivity index (χ4v) is 2.00. The maximum absolute atomic E-state index is 11.9. The lowest BCUT2D eigenvalue weighted by atomic mass is 10.0. The number of rotatable bonds is 4. The molecule has 0 saturated carbocycles. The van der Waals surface area contributed by atoms with Gasteiger partial charge >= 0.3 is 6.09 Å². The number of nitrogens with zero attached hydrogens (tertiary/aromatic N) is 1. The van der Waals surface area contributed by atoms with Crippen molar-refractivity contribution >= 4 is 6.09 Å². The van der Waals surface area contributed by atoms with E-state index in [1.54, 1.807) is 0 Å². The van der Waals surface area contributed by atoms with E-state index in [0.29, 0.717) is 0 Å². The number of hydrogen-bond donors (Lipinski definition) is 2. The van der Waals surface area contributed by atoms with Crippen LogP contribution < -0.4 is 5.32 Å². The second-order valence-corrected chi connectivity index (χ2v) is 6.42. The van der Waals surface area contributed by atoms with Crippen molar-refractivity contribution in [1.82, 2.24) is 15.3 Å². The van der Waals surface area contributed by atoms with E-state index >= 15 is 0 Å². The Morgan fingerprint density at radius 1 is 1.40 bits per heavy atom. The Kier molecular flexibility index (Phi) is 5.20. The minimum atomic E-state index is -0.501. The number of aromatic nitrogens is 2. The van der Waals surface area contributed by atoms with Crippen LogP contribution in [-0.4, -0.2) is 21.7 Å². The first-order valence-electron chi connectivity index (χ1n) is 7.19. The molecular formula is C15H27N3O2. The van der Waals surface area contributed by atoms with Crippen LogP contribution in [0.1, 0.15) is 64.8 Å². The van der Waals surface area contributed by atoms with Gasteiger partial charge in [0, 0.05) is 5.69 Å². The van der Waals surface area contributed by atoms with Gasteiger partial charge in [0.2, 0.25) is 0 Å². The zero-order valence-electron chi connectivity index (χ0n) is 13.6. The van der Waals surface area contributed by atoms with Crippen molar-refractivity contribution in [2.24, 2.45) is 5.92 Å². The van der Waals surface area contributed by atoms with E-state index in [-0.39, 0.29) is 12.0 Å². The SMILES string of the molecule is CCc1nc([C@@H](NC(=O)OC(C)(C)C)C(C)C)[nH]c1C. The molecule has 1 atom stereocenters. The van der Waals surface area contributed by atoms with E-state index in [2.05, 4.69) is 22.2 Å². The first kappa shape index (κ1) is 16.5. The number of carbonyl (C=O) groups is 1. The predicted molar refractivity (Wildman–Crippen MR) is 79.7 cm³/mol. The van der Waals surface area contributed by atoms with Crippen LogP contribution in [0.3, 0.4) is 0 Å². The summed E-state index contributed by atoms with van der Waals surface area (Å²) in [5.41, 5.74) is 1.59. The van der Waals surface area contributed by atoms with Crippen LogP contribution >= 0.6 is 0 Å². The first-order chi connectivity index (χ1) is 9.14. The summed E-state index contributed by atoms with van der Waals surface area (Å²) >= 11 is 0. The number of amides is 1. The van der Waals surface area contributed by atoms with Gasteiger partial charge in [-0.1, -0.05) is 20.8 Å². The molecule has 1 amide bonds. The van der Waals surface area contributed by atoms with Gasteiger partial charge in [-0.3, -0.25) is 0 Å². The molecule has 0 unspecified atom stereocenters. The maximum atomic E-state index is 11.9. The molecule has 0 radical (unpaired) electrons. The van der Waals surface area contributed by atoms with Crippen molar-refractivity contribution in [3.63, 3.8) is 0 Å². The Hall–Kier alpha value is -1.52. The Morgan fingerprint density at radius 2 is 2.00 bits per heavy atom. The first-order valence-corrected chi connectivity index (χ1v) is 7.19. The molecule has 0 fully saturated rings. The van der Waals surface area contributed by atoms with Crippen molar-refractivity contribution in [1.29, 1.82) is 0 Å². The number of imidazole rings is 1. The molecule has 0 bridgehead atoms. The van der Waals surface area contributed by atoms with E-state index in [0.717, 1.165) is 23.6 Å². The van der Waals surface area contributed by atoms with Gasteiger partial charge in [0.15, 0.2) is 0 Å². The van der Waals surface area contributed by atoms with E-state index in [1.807, 2.05) is 41.5 Å². The fourth-order valence-electron chi connectivity index (χ4n) is 2.00. The summed E-state index contributed by atoms with van der Waals surface area (Å²) in [5.74, 6) is 1.01. The van der Waals surface area contributed by atoms with E-state index < -0.39 is 11.7 Å². The van der Waals surface area contributed by atoms with Gasteiger partial charge in [-0.25, -0.2) is 9.78 Å². The second-order valence-electron chi connectivity index (χ2n) is 6.42. The van der Waals surface area contributed by atoms with Gasteiger partial charge < -0.3 is 15.0 Å². The van der Waals surface area contributed by atoms with Crippen molar-refractivity contribution in [3.8, 4) is 0 Å². The average Bonchev–Trinajstić information content (AvgIpc) is 2.64. The van der Waals surface area contributed by atoms with E-state index in [9.17, 15) is 4.79 Å². The molecule has 114 valence electrons. The molecule has 0 spiro atoms. The second kappa shape index (κ2) is 6.29. The third-order valence-corrected chi connectivity index (χ3v) is 2.97. The smallest absolute Gasteiger partial charge is 0.408 e. The molecule has 0 aliphatic rings. The van der Waals surface area contributed by atoms with Crippen molar-refractivity contribution < 1.29 is 9.53 Å². The molecule has 5 heteroatoms. The number of alkyl carbamates (subject to hydrolysis) is 1. The molecular weight excluding hydrogens is 254 g/mol. The zero-order chi connectivity index (χ0) is 15.5. The number of hydrogen-bond acceptors (Lipinski definition) is 3. The summed E-state index contributed by atoms with van der Waals surface area (Å²) in [6.45, 7) is 13.7. The van der Waals surface area contributed by atoms with Crippen molar-refractivity contribution in [2.45, 2.75) is 66.5 Å². The van der Waals surface area contributed by atoms with Crippen LogP contribution in [0.2, 0.25) is 0 Å². The van der Waals surface area contributed by atoms with Crippen LogP contribution in [0, 0.1) is 12.8 Å². The lowest BCUT2D eigenvalue weighted by molar-refractivity contribution is 0.0486. The molecule has 1 aromatic rings. The number of carbonyl (C=O) groups excluding carboxylic acids is 1. The minimum absolute atomic E-state index is 0.177. The molecule has 1 rings (SSSR count). The highest BCUT2D eigenvalue weighted by Gasteiger charge is 2.25. The van der Waals surface area contributed by atoms with Gasteiger partial charge in [0.05, 0.1) is 11.7 Å². The highest BCUT2D eigenvalue weighted by atomic mass is 16.6. The van der Waals surface area contributed by atoms with Crippen LogP contribution in [0.25, 0.3) is 0 Å². The highest BCUT2D eigenvalue weighted by molar-refractivity contribution is 5.68. The molecule has 0 saturated heterocycles. The number of nitrogens with one attached hydrogen (secondary N) is 2. The highest BCUT2D eigenvalue weighted by Crippen LogP contribution is 2.21. The molecule has 0 aliphatic heterocycles. The van der Waals surface area contributed by atoms with Crippen molar-refractivity contribution in [2.75, 3.05) is 0 Å². The lowest BCUT2D eigenvalue weighted by Gasteiger charge is -2.24. The van der Waals surface area contributed by atoms with Crippen LogP contribution in [0.15, 0.2) is 0 Å². The number of aryl methyl sites for hydroxylation is 2. The lowest BCUT2D eigenvalue weighted by Crippen LogP contribution is -2.37. The zero-order valence-corrected chi connectivity index (χ0v) is 13.6. The average molecular weight is 281 g/mol. The molecule has 20 heavy (non-hydrogen) atoms. The van der Waals surface area contributed by atoms with Gasteiger partial charge in [0.1, 0.15) is 11.4 Å². The van der Waals surface area contributed by atoms with Gasteiger partial charge in [-0.05, 0) is 40.0 Å². The van der Waals surface area contributed by atoms with Gasteiger partial charge in [-0.15, -0.1) is 0 Å². The monoisotopic (exact) mass is 281 g/mol. The third-order valence-electron chi connectivity index (χ3n) is 2.97. The Balaban J connectivity index is 2.86. The number of ether oxygens (including phenoxy) is 1. The number of H-pyrrole nitrogens is 1. The molecule has 0 aromatic carbocycles. The predicted octanol–water partition coefficient (Wildman–Crippen LogP) is 3.50. The summed E-state index contributed by atoms with van der Waals surface area (Å²) in [5, 5.41) is 2.90. The third kappa shape index (κ3) is 4.54. The summed E-state index contributed by atoms with van der Waals surface area (Å²) in [6.07, 6.45) is 0.461. The van der Waals surface area contributed by atoms with E-state index in [4.69, 9.17) is 4.74 Å². The largest absolute Gasteiger partial charge is 0.444 e. The topological polar surface area (TPSA) is 67.0 Å². The quantitative estimate of drug-likeness (QED) is 0.887. The van der Waals surface area contributed by atoms with E-state index in [1.165, 1.54) is 0 Å². The summed E-state index contributed by atoms with van der Waals surface area (Å²) < 4.78 is 5.31. The standard InChI is InChI=1S/C15H27N3O2/c1-8-11-10(4)16-13(17-11)12(9(2)3)18-14(19)20-15(5,6)7/h9,12H,8H2,1-7H3,(H,16,17)(H,18,19)/t12-/m0/s1. The van der Waals surface area contributed by atoms with Crippen LogP contribution in [0.5, 0.6) is 0 Å². The van der Waals surface area contributed by atoms with Crippen LogP contribution in [0.4, 0.5) is 4.79 Å². The van der Waals surface area contributed by atoms with Gasteiger partial charge in [-0.2, -0.15) is 0 Å². The number of aromatic amines is 1. The molecule has 5 nitrogen and oxygen atoms in total. The van der Waals surface area contributed by atoms with Gasteiger partial charge in [0.25, 0.3) is 0 Å². The van der Waals surface area contributed by atoms with Crippen molar-refractivity contribution in [3.05, 3.63) is 17.2 Å². The Labute approximate surface area is 121 Å². The minimum Gasteiger partial charge on any atom is -0.444 e. The summed E-state index contributed by atoms with van der Waals surface area (Å²) in [4.78, 5) is 19.8. The molecule has 1 heterocycles. The Morgan fingerprint density at radius 3 is 2.40 bits per heavy atom. The normalized spacial score (nSPS) is 13.4. The van der Waals surface area contributed by atoms with Crippen LogP contribution in [-0.2, 0) is 11.2 Å². The fraction of sp³-hybridized carbons (Fsp3) is 0.733. The summed E-state index contributed by atoms with van der Waals surface area (Å²) in [6, 6.07) is -0.177.